The van der Waals surface area contributed by atoms with E-state index in [-0.39, 0.29) is 0 Å². The summed E-state index contributed by atoms with van der Waals surface area (Å²) in [5.74, 6) is 1.71. The Labute approximate surface area is 108 Å². The Balaban J connectivity index is 1.50. The number of furan rings is 1. The Morgan fingerprint density at radius 3 is 3.06 bits per heavy atom. The van der Waals surface area contributed by atoms with Gasteiger partial charge in [0.05, 0.1) is 19.0 Å². The first-order valence-electron chi connectivity index (χ1n) is 6.75. The lowest BCUT2D eigenvalue weighted by Gasteiger charge is -2.16. The molecule has 0 amide bonds. The molecule has 18 heavy (non-hydrogen) atoms. The summed E-state index contributed by atoms with van der Waals surface area (Å²) in [4.78, 5) is 0. The second-order valence-electron chi connectivity index (χ2n) is 5.24. The molecule has 1 aliphatic carbocycles. The van der Waals surface area contributed by atoms with Crippen LogP contribution in [0, 0.1) is 5.92 Å². The fourth-order valence-electron chi connectivity index (χ4n) is 2.02. The van der Waals surface area contributed by atoms with E-state index in [0.29, 0.717) is 25.8 Å². The minimum absolute atomic E-state index is 0.337. The van der Waals surface area contributed by atoms with Crippen LogP contribution in [0.1, 0.15) is 31.9 Å². The van der Waals surface area contributed by atoms with Crippen molar-refractivity contribution < 1.29 is 14.3 Å². The van der Waals surface area contributed by atoms with Crippen LogP contribution >= 0.6 is 0 Å². The molecule has 2 unspecified atom stereocenters. The van der Waals surface area contributed by atoms with Crippen LogP contribution in [0.4, 0.5) is 0 Å². The van der Waals surface area contributed by atoms with Crippen molar-refractivity contribution in [2.45, 2.75) is 44.9 Å². The number of nitrogens with one attached hydrogen (secondary N) is 1. The Kier molecular flexibility index (Phi) is 5.23. The normalized spacial score (nSPS) is 18.8. The highest BCUT2D eigenvalue weighted by Crippen LogP contribution is 2.33. The van der Waals surface area contributed by atoms with Gasteiger partial charge in [-0.1, -0.05) is 12.8 Å². The zero-order valence-corrected chi connectivity index (χ0v) is 11.0. The van der Waals surface area contributed by atoms with E-state index in [2.05, 4.69) is 12.2 Å². The summed E-state index contributed by atoms with van der Waals surface area (Å²) in [5.41, 5.74) is 0. The van der Waals surface area contributed by atoms with Crippen molar-refractivity contribution >= 4 is 0 Å². The maximum atomic E-state index is 9.76. The van der Waals surface area contributed by atoms with Gasteiger partial charge in [-0.25, -0.2) is 0 Å². The molecule has 0 aliphatic heterocycles. The molecule has 0 radical (unpaired) electrons. The summed E-state index contributed by atoms with van der Waals surface area (Å²) >= 11 is 0. The molecule has 1 heterocycles. The van der Waals surface area contributed by atoms with E-state index < -0.39 is 6.10 Å². The summed E-state index contributed by atoms with van der Waals surface area (Å²) < 4.78 is 10.5. The SMILES string of the molecule is CC(CC1CC1)NCC(O)COCc1ccco1. The van der Waals surface area contributed by atoms with Crippen molar-refractivity contribution in [1.82, 2.24) is 5.32 Å². The fraction of sp³-hybridized carbons (Fsp3) is 0.714. The lowest BCUT2D eigenvalue weighted by Crippen LogP contribution is -2.36. The monoisotopic (exact) mass is 253 g/mol. The van der Waals surface area contributed by atoms with Gasteiger partial charge in [-0.2, -0.15) is 0 Å². The first kappa shape index (κ1) is 13.6. The van der Waals surface area contributed by atoms with Gasteiger partial charge in [-0.3, -0.25) is 0 Å². The third-order valence-corrected chi connectivity index (χ3v) is 3.22. The molecule has 1 aromatic heterocycles. The molecule has 0 spiro atoms. The van der Waals surface area contributed by atoms with Crippen LogP contribution in [0.15, 0.2) is 22.8 Å². The Morgan fingerprint density at radius 2 is 2.39 bits per heavy atom. The van der Waals surface area contributed by atoms with E-state index in [1.165, 1.54) is 19.3 Å². The van der Waals surface area contributed by atoms with E-state index >= 15 is 0 Å². The largest absolute Gasteiger partial charge is 0.467 e. The molecule has 1 aromatic rings. The molecule has 1 fully saturated rings. The molecule has 2 rings (SSSR count). The minimum atomic E-state index is -0.457. The fourth-order valence-corrected chi connectivity index (χ4v) is 2.02. The van der Waals surface area contributed by atoms with Crippen molar-refractivity contribution in [1.29, 1.82) is 0 Å². The van der Waals surface area contributed by atoms with E-state index in [1.54, 1.807) is 6.26 Å². The molecule has 1 saturated carbocycles. The van der Waals surface area contributed by atoms with Crippen LogP contribution in [-0.4, -0.2) is 30.4 Å². The molecule has 0 aromatic carbocycles. The standard InChI is InChI=1S/C14H23NO3/c1-11(7-12-4-5-12)15-8-13(16)9-17-10-14-3-2-6-18-14/h2-3,6,11-13,15-16H,4-5,7-10H2,1H3. The smallest absolute Gasteiger partial charge is 0.129 e. The molecule has 2 atom stereocenters. The average molecular weight is 253 g/mol. The summed E-state index contributed by atoms with van der Waals surface area (Å²) in [7, 11) is 0. The van der Waals surface area contributed by atoms with Gasteiger partial charge in [0.25, 0.3) is 0 Å². The van der Waals surface area contributed by atoms with Crippen LogP contribution < -0.4 is 5.32 Å². The maximum Gasteiger partial charge on any atom is 0.129 e. The second-order valence-corrected chi connectivity index (χ2v) is 5.24. The van der Waals surface area contributed by atoms with E-state index in [1.807, 2.05) is 12.1 Å². The molecule has 4 nitrogen and oxygen atoms in total. The highest BCUT2D eigenvalue weighted by atomic mass is 16.5. The van der Waals surface area contributed by atoms with Crippen LogP contribution in [0.3, 0.4) is 0 Å². The second kappa shape index (κ2) is 6.92. The van der Waals surface area contributed by atoms with Gasteiger partial charge in [-0.05, 0) is 31.4 Å². The maximum absolute atomic E-state index is 9.76. The van der Waals surface area contributed by atoms with Crippen LogP contribution in [0.5, 0.6) is 0 Å². The topological polar surface area (TPSA) is 54.6 Å². The van der Waals surface area contributed by atoms with E-state index in [4.69, 9.17) is 9.15 Å². The van der Waals surface area contributed by atoms with Gasteiger partial charge in [0, 0.05) is 12.6 Å². The quantitative estimate of drug-likeness (QED) is 0.706. The Hall–Kier alpha value is -0.840. The van der Waals surface area contributed by atoms with Gasteiger partial charge in [0.15, 0.2) is 0 Å². The van der Waals surface area contributed by atoms with Gasteiger partial charge < -0.3 is 19.6 Å². The van der Waals surface area contributed by atoms with Gasteiger partial charge in [-0.15, -0.1) is 0 Å². The number of aliphatic hydroxyl groups is 1. The lowest BCUT2D eigenvalue weighted by molar-refractivity contribution is 0.0216. The van der Waals surface area contributed by atoms with Crippen molar-refractivity contribution in [2.24, 2.45) is 5.92 Å². The van der Waals surface area contributed by atoms with Crippen LogP contribution in [0.25, 0.3) is 0 Å². The van der Waals surface area contributed by atoms with Crippen LogP contribution in [-0.2, 0) is 11.3 Å². The zero-order chi connectivity index (χ0) is 12.8. The van der Waals surface area contributed by atoms with Gasteiger partial charge >= 0.3 is 0 Å². The molecule has 1 aliphatic rings. The first-order chi connectivity index (χ1) is 8.74. The van der Waals surface area contributed by atoms with Crippen molar-refractivity contribution in [3.05, 3.63) is 24.2 Å². The predicted molar refractivity (Wildman–Crippen MR) is 69.2 cm³/mol. The molecular formula is C14H23NO3. The van der Waals surface area contributed by atoms with Crippen molar-refractivity contribution in [3.8, 4) is 0 Å². The Bertz CT molecular complexity index is 322. The molecule has 0 bridgehead atoms. The summed E-state index contributed by atoms with van der Waals surface area (Å²) in [5, 5.41) is 13.1. The number of hydrogen-bond donors (Lipinski definition) is 2. The molecule has 4 heteroatoms. The molecular weight excluding hydrogens is 230 g/mol. The molecule has 2 N–H and O–H groups in total. The number of aliphatic hydroxyl groups excluding tert-OH is 1. The highest BCUT2D eigenvalue weighted by molar-refractivity contribution is 4.96. The first-order valence-corrected chi connectivity index (χ1v) is 6.75. The number of rotatable bonds is 9. The van der Waals surface area contributed by atoms with Gasteiger partial charge in [0.1, 0.15) is 12.4 Å². The molecule has 0 saturated heterocycles. The van der Waals surface area contributed by atoms with Crippen molar-refractivity contribution in [3.63, 3.8) is 0 Å². The lowest BCUT2D eigenvalue weighted by atomic mass is 10.1. The highest BCUT2D eigenvalue weighted by Gasteiger charge is 2.23. The van der Waals surface area contributed by atoms with Crippen LogP contribution in [0.2, 0.25) is 0 Å². The Morgan fingerprint density at radius 1 is 1.56 bits per heavy atom. The van der Waals surface area contributed by atoms with Gasteiger partial charge in [0.2, 0.25) is 0 Å². The third kappa shape index (κ3) is 5.21. The van der Waals surface area contributed by atoms with E-state index in [9.17, 15) is 5.11 Å². The average Bonchev–Trinajstić information content (AvgIpc) is 3.00. The summed E-state index contributed by atoms with van der Waals surface area (Å²) in [6, 6.07) is 4.18. The minimum Gasteiger partial charge on any atom is -0.467 e. The van der Waals surface area contributed by atoms with E-state index in [0.717, 1.165) is 11.7 Å². The van der Waals surface area contributed by atoms with Crippen molar-refractivity contribution in [2.75, 3.05) is 13.2 Å². The predicted octanol–water partition coefficient (Wildman–Crippen LogP) is 1.94. The summed E-state index contributed by atoms with van der Waals surface area (Å²) in [6.07, 6.45) is 5.14. The zero-order valence-electron chi connectivity index (χ0n) is 11.0. The molecule has 102 valence electrons. The number of hydrogen-bond acceptors (Lipinski definition) is 4. The summed E-state index contributed by atoms with van der Waals surface area (Å²) in [6.45, 7) is 3.52. The number of ether oxygens (including phenoxy) is 1. The third-order valence-electron chi connectivity index (χ3n) is 3.22.